The largest absolute Gasteiger partial charge is 0.467 e. The fourth-order valence-electron chi connectivity index (χ4n) is 1.72. The lowest BCUT2D eigenvalue weighted by atomic mass is 10.2. The summed E-state index contributed by atoms with van der Waals surface area (Å²) in [5.74, 6) is 1.85. The van der Waals surface area contributed by atoms with Gasteiger partial charge in [-0.15, -0.1) is 0 Å². The van der Waals surface area contributed by atoms with Crippen molar-refractivity contribution in [3.05, 3.63) is 47.5 Å². The summed E-state index contributed by atoms with van der Waals surface area (Å²) < 4.78 is 5.31. The Morgan fingerprint density at radius 3 is 2.76 bits per heavy atom. The molecule has 0 radical (unpaired) electrons. The average molecular weight is 231 g/mol. The van der Waals surface area contributed by atoms with E-state index in [4.69, 9.17) is 10.2 Å². The Morgan fingerprint density at radius 1 is 1.35 bits per heavy atom. The number of nitrogens with zero attached hydrogens (tertiary/aromatic N) is 2. The van der Waals surface area contributed by atoms with Crippen LogP contribution in [0.25, 0.3) is 0 Å². The Kier molecular flexibility index (Phi) is 3.44. The van der Waals surface area contributed by atoms with Gasteiger partial charge in [0, 0.05) is 19.3 Å². The van der Waals surface area contributed by atoms with Gasteiger partial charge in [-0.3, -0.25) is 0 Å². The monoisotopic (exact) mass is 231 g/mol. The highest BCUT2D eigenvalue weighted by Crippen LogP contribution is 2.15. The zero-order valence-electron chi connectivity index (χ0n) is 10.2. The van der Waals surface area contributed by atoms with Crippen molar-refractivity contribution in [3.63, 3.8) is 0 Å². The van der Waals surface area contributed by atoms with Gasteiger partial charge in [-0.2, -0.15) is 0 Å². The molecular weight excluding hydrogens is 214 g/mol. The lowest BCUT2D eigenvalue weighted by Gasteiger charge is -2.17. The van der Waals surface area contributed by atoms with Gasteiger partial charge in [0.05, 0.1) is 12.8 Å². The van der Waals surface area contributed by atoms with Gasteiger partial charge in [0.15, 0.2) is 0 Å². The summed E-state index contributed by atoms with van der Waals surface area (Å²) in [5.41, 5.74) is 7.68. The zero-order valence-corrected chi connectivity index (χ0v) is 10.2. The van der Waals surface area contributed by atoms with Crippen molar-refractivity contribution >= 4 is 5.82 Å². The Hall–Kier alpha value is -1.81. The number of furan rings is 1. The van der Waals surface area contributed by atoms with Gasteiger partial charge in [0.1, 0.15) is 11.6 Å². The maximum absolute atomic E-state index is 5.62. The summed E-state index contributed by atoms with van der Waals surface area (Å²) in [7, 11) is 1.99. The first-order valence-corrected chi connectivity index (χ1v) is 5.61. The van der Waals surface area contributed by atoms with Crippen LogP contribution in [0.1, 0.15) is 17.0 Å². The smallest absolute Gasteiger partial charge is 0.128 e. The Morgan fingerprint density at radius 2 is 2.18 bits per heavy atom. The maximum atomic E-state index is 5.62. The minimum Gasteiger partial charge on any atom is -0.467 e. The number of aromatic nitrogens is 1. The molecule has 2 heterocycles. The molecule has 0 aliphatic heterocycles. The van der Waals surface area contributed by atoms with E-state index < -0.39 is 0 Å². The normalized spacial score (nSPS) is 10.5. The Balaban J connectivity index is 2.14. The number of rotatable bonds is 4. The van der Waals surface area contributed by atoms with Crippen LogP contribution in [0.3, 0.4) is 0 Å². The Bertz CT molecular complexity index is 479. The molecule has 0 unspecified atom stereocenters. The standard InChI is InChI=1S/C13H17N3O/c1-10-11(8-14)5-6-13(15-10)16(2)9-12-4-3-7-17-12/h3-7H,8-9,14H2,1-2H3. The van der Waals surface area contributed by atoms with Crippen LogP contribution in [0.2, 0.25) is 0 Å². The molecular formula is C13H17N3O. The molecule has 0 aliphatic carbocycles. The summed E-state index contributed by atoms with van der Waals surface area (Å²) in [5, 5.41) is 0. The molecule has 0 amide bonds. The number of hydrogen-bond acceptors (Lipinski definition) is 4. The van der Waals surface area contributed by atoms with Crippen LogP contribution in [0.5, 0.6) is 0 Å². The van der Waals surface area contributed by atoms with E-state index in [1.807, 2.05) is 43.1 Å². The van der Waals surface area contributed by atoms with Crippen LogP contribution in [0, 0.1) is 6.92 Å². The molecule has 0 atom stereocenters. The third-order valence-corrected chi connectivity index (χ3v) is 2.76. The Labute approximate surface area is 101 Å². The van der Waals surface area contributed by atoms with Crippen LogP contribution in [0.15, 0.2) is 34.9 Å². The summed E-state index contributed by atoms with van der Waals surface area (Å²) >= 11 is 0. The van der Waals surface area contributed by atoms with Gasteiger partial charge in [0.25, 0.3) is 0 Å². The molecule has 2 aromatic rings. The summed E-state index contributed by atoms with van der Waals surface area (Å²) in [6.07, 6.45) is 1.68. The van der Waals surface area contributed by atoms with E-state index in [0.717, 1.165) is 22.8 Å². The lowest BCUT2D eigenvalue weighted by Crippen LogP contribution is -2.18. The molecule has 2 aromatic heterocycles. The number of hydrogen-bond donors (Lipinski definition) is 1. The van der Waals surface area contributed by atoms with E-state index in [1.165, 1.54) is 0 Å². The van der Waals surface area contributed by atoms with Crippen LogP contribution in [0.4, 0.5) is 5.82 Å². The molecule has 0 saturated heterocycles. The van der Waals surface area contributed by atoms with Gasteiger partial charge in [0.2, 0.25) is 0 Å². The van der Waals surface area contributed by atoms with Crippen molar-refractivity contribution in [3.8, 4) is 0 Å². The van der Waals surface area contributed by atoms with Gasteiger partial charge in [-0.25, -0.2) is 4.98 Å². The van der Waals surface area contributed by atoms with E-state index in [0.29, 0.717) is 13.1 Å². The highest BCUT2D eigenvalue weighted by atomic mass is 16.3. The predicted octanol–water partition coefficient (Wildman–Crippen LogP) is 2.08. The highest BCUT2D eigenvalue weighted by molar-refractivity contribution is 5.41. The quantitative estimate of drug-likeness (QED) is 0.875. The van der Waals surface area contributed by atoms with E-state index >= 15 is 0 Å². The molecule has 0 aliphatic rings. The molecule has 17 heavy (non-hydrogen) atoms. The van der Waals surface area contributed by atoms with Gasteiger partial charge in [-0.1, -0.05) is 6.07 Å². The topological polar surface area (TPSA) is 55.3 Å². The van der Waals surface area contributed by atoms with Crippen molar-refractivity contribution in [2.45, 2.75) is 20.0 Å². The number of pyridine rings is 1. The molecule has 2 rings (SSSR count). The van der Waals surface area contributed by atoms with Crippen molar-refractivity contribution < 1.29 is 4.42 Å². The molecule has 0 aromatic carbocycles. The summed E-state index contributed by atoms with van der Waals surface area (Å²) in [6.45, 7) is 3.22. The van der Waals surface area contributed by atoms with E-state index in [9.17, 15) is 0 Å². The van der Waals surface area contributed by atoms with Crippen LogP contribution < -0.4 is 10.6 Å². The summed E-state index contributed by atoms with van der Waals surface area (Å²) in [6, 6.07) is 7.85. The first-order chi connectivity index (χ1) is 8.20. The fraction of sp³-hybridized carbons (Fsp3) is 0.308. The third kappa shape index (κ3) is 2.65. The van der Waals surface area contributed by atoms with Gasteiger partial charge in [-0.05, 0) is 30.7 Å². The second kappa shape index (κ2) is 5.01. The molecule has 0 saturated carbocycles. The van der Waals surface area contributed by atoms with Gasteiger partial charge >= 0.3 is 0 Å². The van der Waals surface area contributed by atoms with E-state index in [-0.39, 0.29) is 0 Å². The average Bonchev–Trinajstić information content (AvgIpc) is 2.81. The molecule has 0 fully saturated rings. The number of anilines is 1. The van der Waals surface area contributed by atoms with E-state index in [2.05, 4.69) is 4.98 Å². The molecule has 2 N–H and O–H groups in total. The maximum Gasteiger partial charge on any atom is 0.128 e. The van der Waals surface area contributed by atoms with Crippen LogP contribution >= 0.6 is 0 Å². The fourth-order valence-corrected chi connectivity index (χ4v) is 1.72. The van der Waals surface area contributed by atoms with Crippen LogP contribution in [-0.2, 0) is 13.1 Å². The van der Waals surface area contributed by atoms with Crippen molar-refractivity contribution in [2.75, 3.05) is 11.9 Å². The van der Waals surface area contributed by atoms with E-state index in [1.54, 1.807) is 6.26 Å². The molecule has 4 nitrogen and oxygen atoms in total. The molecule has 0 bridgehead atoms. The van der Waals surface area contributed by atoms with Crippen molar-refractivity contribution in [1.29, 1.82) is 0 Å². The second-order valence-electron chi connectivity index (χ2n) is 4.05. The molecule has 90 valence electrons. The lowest BCUT2D eigenvalue weighted by molar-refractivity contribution is 0.507. The van der Waals surface area contributed by atoms with Crippen molar-refractivity contribution in [2.24, 2.45) is 5.73 Å². The minimum absolute atomic E-state index is 0.529. The zero-order chi connectivity index (χ0) is 12.3. The number of aryl methyl sites for hydroxylation is 1. The molecule has 4 heteroatoms. The molecule has 0 spiro atoms. The third-order valence-electron chi connectivity index (χ3n) is 2.76. The minimum atomic E-state index is 0.529. The second-order valence-corrected chi connectivity index (χ2v) is 4.05. The predicted molar refractivity (Wildman–Crippen MR) is 67.7 cm³/mol. The SMILES string of the molecule is Cc1nc(N(C)Cc2ccco2)ccc1CN. The first-order valence-electron chi connectivity index (χ1n) is 5.61. The van der Waals surface area contributed by atoms with Crippen molar-refractivity contribution in [1.82, 2.24) is 4.98 Å². The van der Waals surface area contributed by atoms with Gasteiger partial charge < -0.3 is 15.1 Å². The van der Waals surface area contributed by atoms with Crippen LogP contribution in [-0.4, -0.2) is 12.0 Å². The summed E-state index contributed by atoms with van der Waals surface area (Å²) in [4.78, 5) is 6.58. The first kappa shape index (κ1) is 11.7. The number of nitrogens with two attached hydrogens (primary N) is 1. The highest BCUT2D eigenvalue weighted by Gasteiger charge is 2.07.